The summed E-state index contributed by atoms with van der Waals surface area (Å²) in [5.41, 5.74) is 12.9. The Morgan fingerprint density at radius 2 is 1.60 bits per heavy atom. The maximum absolute atomic E-state index is 10.5. The number of nitrogens with one attached hydrogen (secondary N) is 2. The summed E-state index contributed by atoms with van der Waals surface area (Å²) in [5.74, 6) is -1.48. The van der Waals surface area contributed by atoms with Crippen molar-refractivity contribution in [3.63, 3.8) is 0 Å². The van der Waals surface area contributed by atoms with Gasteiger partial charge in [-0.15, -0.1) is 0 Å². The molecule has 0 radical (unpaired) electrons. The van der Waals surface area contributed by atoms with Crippen molar-refractivity contribution < 1.29 is 26.6 Å². The van der Waals surface area contributed by atoms with Crippen LogP contribution in [0.2, 0.25) is 0 Å². The molecular weight excluding hydrogens is 296 g/mol. The molecule has 0 aromatic heterocycles. The summed E-state index contributed by atoms with van der Waals surface area (Å²) in [6.45, 7) is 0.915. The summed E-state index contributed by atoms with van der Waals surface area (Å²) in [7, 11) is -4.63. The van der Waals surface area contributed by atoms with E-state index in [-0.39, 0.29) is 26.3 Å². The molecule has 0 atom stereocenters. The molecule has 0 aromatic rings. The van der Waals surface area contributed by atoms with E-state index in [2.05, 4.69) is 24.2 Å². The highest BCUT2D eigenvalue weighted by Crippen LogP contribution is 2.14. The van der Waals surface area contributed by atoms with Gasteiger partial charge in [0.15, 0.2) is 5.79 Å². The molecule has 0 rings (SSSR count). The standard InChI is InChI=1S/C7H15N6O6S/c1-7(6-19-20(14,15)16,17-4-2-10-12-8)18-5-3-11-13-9/h8-9H,2-6H2,1H3/q+1/p+1. The lowest BCUT2D eigenvalue weighted by Gasteiger charge is -2.28. The van der Waals surface area contributed by atoms with Crippen LogP contribution in [0.3, 0.4) is 0 Å². The molecular formula is C7H16N6O6S+2. The van der Waals surface area contributed by atoms with Crippen LogP contribution in [0.15, 0.2) is 10.2 Å². The average molecular weight is 312 g/mol. The van der Waals surface area contributed by atoms with E-state index in [0.717, 1.165) is 0 Å². The molecule has 114 valence electrons. The van der Waals surface area contributed by atoms with Crippen molar-refractivity contribution in [1.29, 1.82) is 11.1 Å². The zero-order valence-corrected chi connectivity index (χ0v) is 11.5. The Balaban J connectivity index is 4.47. The summed E-state index contributed by atoms with van der Waals surface area (Å²) in [6.07, 6.45) is 0. The van der Waals surface area contributed by atoms with Gasteiger partial charge < -0.3 is 9.47 Å². The van der Waals surface area contributed by atoms with Crippen LogP contribution in [0, 0.1) is 11.1 Å². The molecule has 13 heteroatoms. The first-order valence-electron chi connectivity index (χ1n) is 5.29. The molecule has 0 spiro atoms. The average Bonchev–Trinajstić information content (AvgIpc) is 2.37. The van der Waals surface area contributed by atoms with E-state index >= 15 is 0 Å². The van der Waals surface area contributed by atoms with E-state index in [1.54, 1.807) is 0 Å². The van der Waals surface area contributed by atoms with Gasteiger partial charge in [-0.05, 0) is 6.92 Å². The van der Waals surface area contributed by atoms with E-state index in [9.17, 15) is 8.42 Å². The Bertz CT molecular complexity index is 458. The molecule has 0 saturated carbocycles. The highest BCUT2D eigenvalue weighted by molar-refractivity contribution is 7.80. The largest absolute Gasteiger partial charge is 0.397 e. The second-order valence-electron chi connectivity index (χ2n) is 3.45. The number of nitrogens with zero attached hydrogens (tertiary/aromatic N) is 4. The summed E-state index contributed by atoms with van der Waals surface area (Å²) in [5, 5.41) is 6.68. The third-order valence-electron chi connectivity index (χ3n) is 1.81. The minimum atomic E-state index is -4.63. The van der Waals surface area contributed by atoms with Crippen LogP contribution in [-0.2, 0) is 24.1 Å². The molecule has 0 aliphatic carbocycles. The van der Waals surface area contributed by atoms with Crippen LogP contribution in [-0.4, -0.2) is 51.7 Å². The minimum absolute atomic E-state index is 0.00627. The van der Waals surface area contributed by atoms with Gasteiger partial charge in [0.05, 0.1) is 13.2 Å². The molecule has 3 N–H and O–H groups in total. The van der Waals surface area contributed by atoms with E-state index < -0.39 is 22.8 Å². The topological polar surface area (TPSA) is 183 Å². The highest BCUT2D eigenvalue weighted by Gasteiger charge is 2.29. The van der Waals surface area contributed by atoms with E-state index in [0.29, 0.717) is 0 Å². The number of ether oxygens (including phenoxy) is 2. The quantitative estimate of drug-likeness (QED) is 0.154. The first-order valence-corrected chi connectivity index (χ1v) is 6.66. The first-order chi connectivity index (χ1) is 9.33. The molecule has 0 fully saturated rings. The summed E-state index contributed by atoms with van der Waals surface area (Å²) in [4.78, 5) is 5.53. The molecule has 20 heavy (non-hydrogen) atoms. The van der Waals surface area contributed by atoms with Crippen LogP contribution in [0.5, 0.6) is 0 Å². The van der Waals surface area contributed by atoms with Crippen LogP contribution in [0.1, 0.15) is 6.92 Å². The second-order valence-corrected chi connectivity index (χ2v) is 4.54. The fourth-order valence-electron chi connectivity index (χ4n) is 1.01. The Morgan fingerprint density at radius 3 is 1.95 bits per heavy atom. The third-order valence-corrected chi connectivity index (χ3v) is 2.22. The van der Waals surface area contributed by atoms with Crippen LogP contribution >= 0.6 is 0 Å². The van der Waals surface area contributed by atoms with Gasteiger partial charge in [-0.25, -0.2) is 4.18 Å². The van der Waals surface area contributed by atoms with Crippen molar-refractivity contribution in [2.75, 3.05) is 32.9 Å². The highest BCUT2D eigenvalue weighted by atomic mass is 32.3. The lowest BCUT2D eigenvalue weighted by atomic mass is 10.3. The van der Waals surface area contributed by atoms with E-state index in [1.165, 1.54) is 6.92 Å². The second kappa shape index (κ2) is 9.34. The smallest absolute Gasteiger partial charge is 0.346 e. The lowest BCUT2D eigenvalue weighted by molar-refractivity contribution is -0.236. The van der Waals surface area contributed by atoms with Crippen molar-refractivity contribution >= 4 is 10.4 Å². The molecule has 0 saturated heterocycles. The van der Waals surface area contributed by atoms with Crippen LogP contribution in [0.4, 0.5) is 0 Å². The molecule has 0 heterocycles. The Labute approximate surface area is 114 Å². The Kier molecular flexibility index (Phi) is 8.59. The van der Waals surface area contributed by atoms with E-state index in [4.69, 9.17) is 25.1 Å². The molecule has 0 aromatic carbocycles. The zero-order chi connectivity index (χ0) is 15.5. The van der Waals surface area contributed by atoms with Crippen LogP contribution in [0.25, 0.3) is 0 Å². The summed E-state index contributed by atoms with van der Waals surface area (Å²) in [6, 6.07) is 0. The van der Waals surface area contributed by atoms with Gasteiger partial charge in [0.25, 0.3) is 0 Å². The zero-order valence-electron chi connectivity index (χ0n) is 10.7. The van der Waals surface area contributed by atoms with Gasteiger partial charge in [0.2, 0.25) is 9.82 Å². The predicted molar refractivity (Wildman–Crippen MR) is 62.1 cm³/mol. The Morgan fingerprint density at radius 1 is 1.15 bits per heavy atom. The third kappa shape index (κ3) is 10.3. The van der Waals surface area contributed by atoms with Crippen molar-refractivity contribution in [3.8, 4) is 0 Å². The lowest BCUT2D eigenvalue weighted by Crippen LogP contribution is -2.40. The molecule has 0 aliphatic rings. The van der Waals surface area contributed by atoms with Gasteiger partial charge in [0.1, 0.15) is 41.0 Å². The van der Waals surface area contributed by atoms with Crippen molar-refractivity contribution in [2.45, 2.75) is 12.7 Å². The monoisotopic (exact) mass is 312 g/mol. The number of rotatable bonds is 11. The van der Waals surface area contributed by atoms with Gasteiger partial charge in [0, 0.05) is 0 Å². The SMILES string of the molecule is CC(COS(=O)(=O)O)(OCCN=[N+]=N)OCCN=[N+]=N. The minimum Gasteiger partial charge on any atom is -0.346 e. The maximum atomic E-state index is 10.5. The van der Waals surface area contributed by atoms with Gasteiger partial charge in [-0.3, -0.25) is 4.55 Å². The van der Waals surface area contributed by atoms with Gasteiger partial charge in [-0.1, -0.05) is 0 Å². The molecule has 12 nitrogen and oxygen atoms in total. The Hall–Kier alpha value is -1.59. The fourth-order valence-corrected chi connectivity index (χ4v) is 1.37. The molecule has 0 bridgehead atoms. The van der Waals surface area contributed by atoms with Crippen molar-refractivity contribution in [2.24, 2.45) is 10.2 Å². The summed E-state index contributed by atoms with van der Waals surface area (Å²) >= 11 is 0. The molecule has 0 aliphatic heterocycles. The summed E-state index contributed by atoms with van der Waals surface area (Å²) < 4.78 is 44.3. The predicted octanol–water partition coefficient (Wildman–Crippen LogP) is -0.344. The number of hydrogen-bond acceptors (Lipinski definition) is 9. The van der Waals surface area contributed by atoms with Crippen molar-refractivity contribution in [1.82, 2.24) is 9.82 Å². The fraction of sp³-hybridized carbons (Fsp3) is 1.00. The first kappa shape index (κ1) is 18.4. The van der Waals surface area contributed by atoms with Crippen molar-refractivity contribution in [3.05, 3.63) is 0 Å². The van der Waals surface area contributed by atoms with Gasteiger partial charge in [-0.2, -0.15) is 8.42 Å². The number of hydrogen-bond donors (Lipinski definition) is 3. The molecule has 0 amide bonds. The van der Waals surface area contributed by atoms with E-state index in [1.807, 2.05) is 0 Å². The maximum Gasteiger partial charge on any atom is 0.397 e. The van der Waals surface area contributed by atoms with Crippen LogP contribution < -0.4 is 9.82 Å². The normalized spacial score (nSPS) is 13.9. The van der Waals surface area contributed by atoms with Gasteiger partial charge >= 0.3 is 10.4 Å². The molecule has 0 unspecified atom stereocenters.